The van der Waals surface area contributed by atoms with Crippen LogP contribution in [0.25, 0.3) is 0 Å². The summed E-state index contributed by atoms with van der Waals surface area (Å²) in [6, 6.07) is 4.23. The molecule has 19 heavy (non-hydrogen) atoms. The summed E-state index contributed by atoms with van der Waals surface area (Å²) in [6.07, 6.45) is 2.34. The molecule has 1 aliphatic rings. The lowest BCUT2D eigenvalue weighted by atomic mass is 9.87. The maximum absolute atomic E-state index is 5.97. The second kappa shape index (κ2) is 5.39. The zero-order valence-electron chi connectivity index (χ0n) is 12.2. The van der Waals surface area contributed by atoms with Gasteiger partial charge in [-0.2, -0.15) is 0 Å². The molecule has 0 saturated heterocycles. The molecule has 0 aliphatic heterocycles. The molecule has 4 nitrogen and oxygen atoms in total. The SMILES string of the molecule is CNC(c1c(C)cc(OC)cc1OC)C1(CN)CC1. The molecule has 0 aromatic heterocycles. The number of ether oxygens (including phenoxy) is 2. The predicted molar refractivity (Wildman–Crippen MR) is 76.8 cm³/mol. The van der Waals surface area contributed by atoms with Crippen molar-refractivity contribution in [2.75, 3.05) is 27.8 Å². The zero-order valence-corrected chi connectivity index (χ0v) is 12.2. The average molecular weight is 264 g/mol. The molecule has 0 bridgehead atoms. The van der Waals surface area contributed by atoms with Crippen molar-refractivity contribution in [1.29, 1.82) is 0 Å². The normalized spacial score (nSPS) is 17.9. The summed E-state index contributed by atoms with van der Waals surface area (Å²) in [4.78, 5) is 0. The molecule has 106 valence electrons. The fourth-order valence-corrected chi connectivity index (χ4v) is 2.92. The van der Waals surface area contributed by atoms with Crippen molar-refractivity contribution in [3.63, 3.8) is 0 Å². The van der Waals surface area contributed by atoms with E-state index in [1.165, 1.54) is 24.0 Å². The fourth-order valence-electron chi connectivity index (χ4n) is 2.92. The summed E-state index contributed by atoms with van der Waals surface area (Å²) >= 11 is 0. The molecular weight excluding hydrogens is 240 g/mol. The maximum atomic E-state index is 5.97. The Balaban J connectivity index is 2.48. The van der Waals surface area contributed by atoms with Crippen molar-refractivity contribution in [2.24, 2.45) is 11.1 Å². The number of methoxy groups -OCH3 is 2. The van der Waals surface area contributed by atoms with Gasteiger partial charge in [-0.15, -0.1) is 0 Å². The Morgan fingerprint density at radius 3 is 2.42 bits per heavy atom. The van der Waals surface area contributed by atoms with Crippen LogP contribution in [0.2, 0.25) is 0 Å². The minimum absolute atomic E-state index is 0.182. The van der Waals surface area contributed by atoms with E-state index in [9.17, 15) is 0 Å². The first-order valence-electron chi connectivity index (χ1n) is 6.71. The maximum Gasteiger partial charge on any atom is 0.127 e. The van der Waals surface area contributed by atoms with Gasteiger partial charge in [-0.05, 0) is 45.0 Å². The van der Waals surface area contributed by atoms with Crippen LogP contribution in [0.3, 0.4) is 0 Å². The Labute approximate surface area is 115 Å². The van der Waals surface area contributed by atoms with Crippen molar-refractivity contribution in [2.45, 2.75) is 25.8 Å². The van der Waals surface area contributed by atoms with Gasteiger partial charge < -0.3 is 20.5 Å². The topological polar surface area (TPSA) is 56.5 Å². The second-order valence-corrected chi connectivity index (χ2v) is 5.35. The molecule has 3 N–H and O–H groups in total. The lowest BCUT2D eigenvalue weighted by Crippen LogP contribution is -2.33. The van der Waals surface area contributed by atoms with E-state index in [0.29, 0.717) is 6.54 Å². The third-order valence-electron chi connectivity index (χ3n) is 4.27. The van der Waals surface area contributed by atoms with Gasteiger partial charge in [-0.25, -0.2) is 0 Å². The summed E-state index contributed by atoms with van der Waals surface area (Å²) < 4.78 is 10.9. The third-order valence-corrected chi connectivity index (χ3v) is 4.27. The quantitative estimate of drug-likeness (QED) is 0.825. The van der Waals surface area contributed by atoms with Crippen LogP contribution in [-0.2, 0) is 0 Å². The summed E-state index contributed by atoms with van der Waals surface area (Å²) in [7, 11) is 5.36. The van der Waals surface area contributed by atoms with Gasteiger partial charge in [0.15, 0.2) is 0 Å². The standard InChI is InChI=1S/C15H24N2O2/c1-10-7-11(18-3)8-12(19-4)13(10)14(17-2)15(9-16)5-6-15/h7-8,14,17H,5-6,9,16H2,1-4H3. The summed E-state index contributed by atoms with van der Waals surface area (Å²) in [5.41, 5.74) is 8.54. The summed E-state index contributed by atoms with van der Waals surface area (Å²) in [5.74, 6) is 1.70. The molecule has 1 aromatic carbocycles. The van der Waals surface area contributed by atoms with Crippen molar-refractivity contribution in [3.8, 4) is 11.5 Å². The predicted octanol–water partition coefficient (Wildman–Crippen LogP) is 2.01. The number of rotatable bonds is 6. The monoisotopic (exact) mass is 264 g/mol. The highest BCUT2D eigenvalue weighted by atomic mass is 16.5. The highest BCUT2D eigenvalue weighted by Crippen LogP contribution is 2.56. The highest BCUT2D eigenvalue weighted by Gasteiger charge is 2.49. The van der Waals surface area contributed by atoms with E-state index in [2.05, 4.69) is 18.3 Å². The Hall–Kier alpha value is -1.26. The van der Waals surface area contributed by atoms with Crippen molar-refractivity contribution in [3.05, 3.63) is 23.3 Å². The number of benzene rings is 1. The number of hydrogen-bond acceptors (Lipinski definition) is 4. The van der Waals surface area contributed by atoms with Gasteiger partial charge in [-0.3, -0.25) is 0 Å². The Kier molecular flexibility index (Phi) is 4.02. The van der Waals surface area contributed by atoms with Crippen LogP contribution in [0.1, 0.15) is 30.0 Å². The number of nitrogens with one attached hydrogen (secondary N) is 1. The number of hydrogen-bond donors (Lipinski definition) is 2. The van der Waals surface area contributed by atoms with E-state index in [-0.39, 0.29) is 11.5 Å². The second-order valence-electron chi connectivity index (χ2n) is 5.35. The average Bonchev–Trinajstić information content (AvgIpc) is 3.21. The van der Waals surface area contributed by atoms with Crippen molar-refractivity contribution < 1.29 is 9.47 Å². The van der Waals surface area contributed by atoms with E-state index in [1.54, 1.807) is 14.2 Å². The Morgan fingerprint density at radius 2 is 2.00 bits per heavy atom. The summed E-state index contributed by atoms with van der Waals surface area (Å²) in [5, 5.41) is 3.42. The minimum Gasteiger partial charge on any atom is -0.497 e. The molecule has 1 atom stereocenters. The lowest BCUT2D eigenvalue weighted by Gasteiger charge is -2.29. The molecule has 0 heterocycles. The molecule has 1 fully saturated rings. The van der Waals surface area contributed by atoms with Gasteiger partial charge >= 0.3 is 0 Å². The number of aryl methyl sites for hydroxylation is 1. The van der Waals surface area contributed by atoms with E-state index in [4.69, 9.17) is 15.2 Å². The Morgan fingerprint density at radius 1 is 1.32 bits per heavy atom. The van der Waals surface area contributed by atoms with Crippen molar-refractivity contribution in [1.82, 2.24) is 5.32 Å². The van der Waals surface area contributed by atoms with Crippen LogP contribution in [0.15, 0.2) is 12.1 Å². The highest BCUT2D eigenvalue weighted by molar-refractivity contribution is 5.49. The van der Waals surface area contributed by atoms with Crippen LogP contribution < -0.4 is 20.5 Å². The van der Waals surface area contributed by atoms with Crippen LogP contribution in [-0.4, -0.2) is 27.8 Å². The largest absolute Gasteiger partial charge is 0.497 e. The van der Waals surface area contributed by atoms with Crippen LogP contribution in [0.4, 0.5) is 0 Å². The van der Waals surface area contributed by atoms with E-state index in [1.807, 2.05) is 13.1 Å². The molecule has 1 unspecified atom stereocenters. The smallest absolute Gasteiger partial charge is 0.127 e. The van der Waals surface area contributed by atoms with Gasteiger partial charge in [-0.1, -0.05) is 0 Å². The molecular formula is C15H24N2O2. The van der Waals surface area contributed by atoms with Gasteiger partial charge in [0.25, 0.3) is 0 Å². The third kappa shape index (κ3) is 2.42. The molecule has 1 saturated carbocycles. The van der Waals surface area contributed by atoms with Crippen LogP contribution in [0.5, 0.6) is 11.5 Å². The molecule has 2 rings (SSSR count). The van der Waals surface area contributed by atoms with Gasteiger partial charge in [0, 0.05) is 23.1 Å². The zero-order chi connectivity index (χ0) is 14.0. The van der Waals surface area contributed by atoms with E-state index < -0.39 is 0 Å². The fraction of sp³-hybridized carbons (Fsp3) is 0.600. The first kappa shape index (κ1) is 14.2. The summed E-state index contributed by atoms with van der Waals surface area (Å²) in [6.45, 7) is 2.80. The van der Waals surface area contributed by atoms with Gasteiger partial charge in [0.2, 0.25) is 0 Å². The molecule has 4 heteroatoms. The molecule has 0 radical (unpaired) electrons. The van der Waals surface area contributed by atoms with Gasteiger partial charge in [0.1, 0.15) is 11.5 Å². The van der Waals surface area contributed by atoms with Crippen LogP contribution in [0, 0.1) is 12.3 Å². The van der Waals surface area contributed by atoms with E-state index >= 15 is 0 Å². The molecule has 0 amide bonds. The minimum atomic E-state index is 0.182. The van der Waals surface area contributed by atoms with Crippen LogP contribution >= 0.6 is 0 Å². The molecule has 1 aromatic rings. The first-order valence-corrected chi connectivity index (χ1v) is 6.71. The van der Waals surface area contributed by atoms with Crippen molar-refractivity contribution >= 4 is 0 Å². The molecule has 1 aliphatic carbocycles. The molecule has 0 spiro atoms. The lowest BCUT2D eigenvalue weighted by molar-refractivity contribution is 0.339. The van der Waals surface area contributed by atoms with E-state index in [0.717, 1.165) is 11.5 Å². The first-order chi connectivity index (χ1) is 9.11. The Bertz CT molecular complexity index is 456. The van der Waals surface area contributed by atoms with Gasteiger partial charge in [0.05, 0.1) is 14.2 Å². The number of nitrogens with two attached hydrogens (primary N) is 1.